The zero-order valence-electron chi connectivity index (χ0n) is 21.5. The van der Waals surface area contributed by atoms with Gasteiger partial charge in [-0.2, -0.15) is 13.9 Å². The van der Waals surface area contributed by atoms with Gasteiger partial charge >= 0.3 is 6.61 Å². The summed E-state index contributed by atoms with van der Waals surface area (Å²) in [6.07, 6.45) is 2.25. The number of nitrogens with one attached hydrogen (secondary N) is 1. The Hall–Kier alpha value is -3.63. The fraction of sp³-hybridized carbons (Fsp3) is 0.333. The number of carbonyl (C=O) groups is 1. The molecule has 11 heteroatoms. The number of halogens is 3. The van der Waals surface area contributed by atoms with Gasteiger partial charge in [-0.3, -0.25) is 4.79 Å². The largest absolute Gasteiger partial charge is 0.487 e. The lowest BCUT2D eigenvalue weighted by molar-refractivity contribution is -0.152. The zero-order valence-corrected chi connectivity index (χ0v) is 22.2. The maximum atomic E-state index is 12.3. The normalized spacial score (nSPS) is 12.2. The summed E-state index contributed by atoms with van der Waals surface area (Å²) in [7, 11) is 0. The van der Waals surface area contributed by atoms with E-state index in [0.717, 1.165) is 34.6 Å². The van der Waals surface area contributed by atoms with E-state index in [1.165, 1.54) is 6.33 Å². The summed E-state index contributed by atoms with van der Waals surface area (Å²) in [5.74, 6) is 0.715. The zero-order chi connectivity index (χ0) is 27.4. The second-order valence-electron chi connectivity index (χ2n) is 8.84. The number of para-hydroxylation sites is 1. The molecule has 0 aliphatic carbocycles. The molecule has 38 heavy (non-hydrogen) atoms. The number of pyridine rings is 1. The van der Waals surface area contributed by atoms with Crippen molar-refractivity contribution in [2.75, 3.05) is 6.61 Å². The minimum atomic E-state index is -3.02. The van der Waals surface area contributed by atoms with Crippen molar-refractivity contribution in [2.45, 2.75) is 53.4 Å². The summed E-state index contributed by atoms with van der Waals surface area (Å²) < 4.78 is 36.8. The van der Waals surface area contributed by atoms with E-state index < -0.39 is 25.2 Å². The molecule has 0 spiro atoms. The monoisotopic (exact) mass is 543 g/mol. The summed E-state index contributed by atoms with van der Waals surface area (Å²) in [5.41, 5.74) is 4.55. The van der Waals surface area contributed by atoms with Crippen molar-refractivity contribution in [3.63, 3.8) is 0 Å². The first-order valence-electron chi connectivity index (χ1n) is 12.1. The minimum absolute atomic E-state index is 0.0931. The van der Waals surface area contributed by atoms with Gasteiger partial charge in [0.1, 0.15) is 36.6 Å². The fourth-order valence-corrected chi connectivity index (χ4v) is 4.65. The Morgan fingerprint density at radius 1 is 1.21 bits per heavy atom. The minimum Gasteiger partial charge on any atom is -0.487 e. The summed E-state index contributed by atoms with van der Waals surface area (Å²) in [4.78, 5) is 21.2. The van der Waals surface area contributed by atoms with Crippen LogP contribution in [-0.4, -0.2) is 38.9 Å². The molecule has 1 atom stereocenters. The molecular formula is C27H28ClF2N5O3. The molecule has 0 unspecified atom stereocenters. The van der Waals surface area contributed by atoms with Gasteiger partial charge in [-0.1, -0.05) is 36.7 Å². The molecule has 2 heterocycles. The molecule has 200 valence electrons. The fourth-order valence-electron chi connectivity index (χ4n) is 4.32. The number of aryl methyl sites for hydroxylation is 3. The number of hydrogen-bond donors (Lipinski definition) is 1. The van der Waals surface area contributed by atoms with E-state index in [9.17, 15) is 13.6 Å². The molecule has 2 aromatic heterocycles. The van der Waals surface area contributed by atoms with Gasteiger partial charge in [0.2, 0.25) is 5.91 Å². The van der Waals surface area contributed by atoms with E-state index in [-0.39, 0.29) is 6.61 Å². The molecular weight excluding hydrogens is 516 g/mol. The molecule has 4 aromatic rings. The first kappa shape index (κ1) is 27.4. The molecule has 0 saturated heterocycles. The summed E-state index contributed by atoms with van der Waals surface area (Å²) >= 11 is 6.60. The summed E-state index contributed by atoms with van der Waals surface area (Å²) in [5, 5.41) is 8.39. The van der Waals surface area contributed by atoms with Gasteiger partial charge in [-0.25, -0.2) is 14.6 Å². The third-order valence-electron chi connectivity index (χ3n) is 6.00. The van der Waals surface area contributed by atoms with Crippen molar-refractivity contribution in [2.24, 2.45) is 0 Å². The molecule has 1 N–H and O–H groups in total. The number of benzene rings is 2. The predicted octanol–water partition coefficient (Wildman–Crippen LogP) is 5.64. The molecule has 0 fully saturated rings. The number of carbonyl (C=O) groups excluding carboxylic acids is 1. The molecule has 1 amide bonds. The lowest BCUT2D eigenvalue weighted by Crippen LogP contribution is -2.31. The Bertz CT molecular complexity index is 1460. The van der Waals surface area contributed by atoms with E-state index in [1.54, 1.807) is 17.7 Å². The lowest BCUT2D eigenvalue weighted by Gasteiger charge is -2.21. The highest BCUT2D eigenvalue weighted by molar-refractivity contribution is 6.31. The molecule has 0 bridgehead atoms. The Morgan fingerprint density at radius 3 is 2.74 bits per heavy atom. The SMILES string of the molecule is CCc1ncnn1-c1cc(C)nc2c(OCc3c(Cl)cc(C)cc3[C@H](C)NC(=O)COC(F)F)cccc12. The first-order chi connectivity index (χ1) is 18.2. The molecule has 2 aromatic carbocycles. The number of amides is 1. The van der Waals surface area contributed by atoms with Crippen LogP contribution in [0, 0.1) is 13.8 Å². The third kappa shape index (κ3) is 6.08. The maximum absolute atomic E-state index is 12.3. The van der Waals surface area contributed by atoms with Crippen LogP contribution >= 0.6 is 11.6 Å². The topological polar surface area (TPSA) is 91.2 Å². The van der Waals surface area contributed by atoms with Gasteiger partial charge in [0, 0.05) is 28.1 Å². The molecule has 0 aliphatic rings. The van der Waals surface area contributed by atoms with E-state index >= 15 is 0 Å². The summed E-state index contributed by atoms with van der Waals surface area (Å²) in [6.45, 7) is 3.86. The van der Waals surface area contributed by atoms with Crippen LogP contribution in [0.25, 0.3) is 16.6 Å². The van der Waals surface area contributed by atoms with Crippen molar-refractivity contribution < 1.29 is 23.0 Å². The Balaban J connectivity index is 1.65. The number of nitrogens with zero attached hydrogens (tertiary/aromatic N) is 4. The van der Waals surface area contributed by atoms with Crippen LogP contribution in [0.4, 0.5) is 8.78 Å². The number of fused-ring (bicyclic) bond motifs is 1. The van der Waals surface area contributed by atoms with Crippen molar-refractivity contribution in [3.8, 4) is 11.4 Å². The van der Waals surface area contributed by atoms with Gasteiger partial charge in [-0.05, 0) is 50.1 Å². The second kappa shape index (κ2) is 11.8. The van der Waals surface area contributed by atoms with E-state index in [2.05, 4.69) is 20.1 Å². The van der Waals surface area contributed by atoms with Crippen LogP contribution in [0.3, 0.4) is 0 Å². The molecule has 0 aliphatic heterocycles. The van der Waals surface area contributed by atoms with Gasteiger partial charge in [0.15, 0.2) is 0 Å². The first-order valence-corrected chi connectivity index (χ1v) is 12.5. The highest BCUT2D eigenvalue weighted by Crippen LogP contribution is 2.32. The Kier molecular flexibility index (Phi) is 8.53. The van der Waals surface area contributed by atoms with Crippen molar-refractivity contribution >= 4 is 28.4 Å². The Labute approximate surface area is 223 Å². The number of aromatic nitrogens is 4. The number of alkyl halides is 2. The maximum Gasteiger partial charge on any atom is 0.345 e. The summed E-state index contributed by atoms with van der Waals surface area (Å²) in [6, 6.07) is 10.8. The van der Waals surface area contributed by atoms with E-state index in [0.29, 0.717) is 27.4 Å². The van der Waals surface area contributed by atoms with Crippen LogP contribution in [0.5, 0.6) is 5.75 Å². The van der Waals surface area contributed by atoms with Gasteiger partial charge < -0.3 is 14.8 Å². The molecule has 8 nitrogen and oxygen atoms in total. The average molecular weight is 544 g/mol. The van der Waals surface area contributed by atoms with Crippen LogP contribution < -0.4 is 10.1 Å². The van der Waals surface area contributed by atoms with Crippen molar-refractivity contribution in [1.82, 2.24) is 25.1 Å². The van der Waals surface area contributed by atoms with Gasteiger partial charge in [0.05, 0.1) is 11.7 Å². The number of hydrogen-bond acceptors (Lipinski definition) is 6. The highest BCUT2D eigenvalue weighted by Gasteiger charge is 2.19. The van der Waals surface area contributed by atoms with Crippen LogP contribution in [-0.2, 0) is 22.6 Å². The van der Waals surface area contributed by atoms with Crippen LogP contribution in [0.15, 0.2) is 42.7 Å². The highest BCUT2D eigenvalue weighted by atomic mass is 35.5. The molecule has 4 rings (SSSR count). The molecule has 0 saturated carbocycles. The quantitative estimate of drug-likeness (QED) is 0.278. The van der Waals surface area contributed by atoms with Crippen LogP contribution in [0.2, 0.25) is 5.02 Å². The lowest BCUT2D eigenvalue weighted by atomic mass is 9.99. The van der Waals surface area contributed by atoms with Gasteiger partial charge in [-0.15, -0.1) is 0 Å². The number of rotatable bonds is 10. The molecule has 0 radical (unpaired) electrons. The van der Waals surface area contributed by atoms with Crippen molar-refractivity contribution in [1.29, 1.82) is 0 Å². The van der Waals surface area contributed by atoms with Crippen LogP contribution in [0.1, 0.15) is 48.1 Å². The average Bonchev–Trinajstić information content (AvgIpc) is 3.35. The van der Waals surface area contributed by atoms with E-state index in [1.807, 2.05) is 51.1 Å². The third-order valence-corrected chi connectivity index (χ3v) is 6.34. The predicted molar refractivity (Wildman–Crippen MR) is 140 cm³/mol. The smallest absolute Gasteiger partial charge is 0.345 e. The van der Waals surface area contributed by atoms with E-state index in [4.69, 9.17) is 21.3 Å². The Morgan fingerprint density at radius 2 is 2.00 bits per heavy atom. The van der Waals surface area contributed by atoms with Crippen molar-refractivity contribution in [3.05, 3.63) is 76.0 Å². The number of ether oxygens (including phenoxy) is 2. The second-order valence-corrected chi connectivity index (χ2v) is 9.25. The van der Waals surface area contributed by atoms with Gasteiger partial charge in [0.25, 0.3) is 0 Å². The standard InChI is InChI=1S/C27H28ClF2N5O3/c1-5-24-31-14-32-35(24)22-11-16(3)33-26-18(22)7-6-8-23(26)37-12-20-19(9-15(2)10-21(20)28)17(4)34-25(36)13-38-27(29)30/h6-11,14,17,27H,5,12-13H2,1-4H3,(H,34,36)/t17-/m0/s1.